The van der Waals surface area contributed by atoms with Gasteiger partial charge in [0.2, 0.25) is 0 Å². The van der Waals surface area contributed by atoms with E-state index in [1.165, 1.54) is 16.5 Å². The van der Waals surface area contributed by atoms with Gasteiger partial charge in [-0.1, -0.05) is 48.6 Å². The quantitative estimate of drug-likeness (QED) is 0.704. The molecule has 2 nitrogen and oxygen atoms in total. The van der Waals surface area contributed by atoms with Crippen LogP contribution < -0.4 is 0 Å². The van der Waals surface area contributed by atoms with E-state index in [2.05, 4.69) is 60.0 Å². The van der Waals surface area contributed by atoms with Crippen LogP contribution in [-0.4, -0.2) is 11.6 Å². The Morgan fingerprint density at radius 2 is 2.00 bits per heavy atom. The highest BCUT2D eigenvalue weighted by atomic mass is 14.9. The van der Waals surface area contributed by atoms with Crippen molar-refractivity contribution in [3.8, 4) is 0 Å². The molecule has 0 aliphatic carbocycles. The number of hydrogen-bond acceptors (Lipinski definition) is 0. The number of rotatable bonds is 4. The average molecular weight is 251 g/mol. The number of benzene rings is 1. The van der Waals surface area contributed by atoms with E-state index in [9.17, 15) is 0 Å². The summed E-state index contributed by atoms with van der Waals surface area (Å²) in [6, 6.07) is 8.38. The second-order valence-corrected chi connectivity index (χ2v) is 4.68. The minimum atomic E-state index is 0.944. The Balaban J connectivity index is 2.46. The molecule has 0 saturated heterocycles. The molecule has 98 valence electrons. The molecule has 0 N–H and O–H groups in total. The van der Waals surface area contributed by atoms with Crippen molar-refractivity contribution >= 4 is 17.0 Å². The molecule has 0 aliphatic rings. The average Bonchev–Trinajstić information content (AvgIpc) is 2.72. The molecular formula is C17H19N2-. The lowest BCUT2D eigenvalue weighted by atomic mass is 10.1. The van der Waals surface area contributed by atoms with Gasteiger partial charge >= 0.3 is 0 Å². The summed E-state index contributed by atoms with van der Waals surface area (Å²) in [5, 5.41) is 5.54. The van der Waals surface area contributed by atoms with Crippen LogP contribution in [0.5, 0.6) is 0 Å². The normalized spacial score (nSPS) is 12.3. The summed E-state index contributed by atoms with van der Waals surface area (Å²) < 4.78 is 2.14. The van der Waals surface area contributed by atoms with E-state index in [0.717, 1.165) is 11.3 Å². The summed E-state index contributed by atoms with van der Waals surface area (Å²) in [5.74, 6) is 0. The Labute approximate surface area is 114 Å². The molecule has 0 amide bonds. The molecule has 0 spiro atoms. The Kier molecular flexibility index (Phi) is 3.91. The zero-order valence-corrected chi connectivity index (χ0v) is 11.7. The van der Waals surface area contributed by atoms with Gasteiger partial charge in [-0.25, -0.2) is 0 Å². The van der Waals surface area contributed by atoms with E-state index < -0.39 is 0 Å². The SMILES string of the molecule is C=C(C)C=CC(=Cc1cn(C)c2ccccc12)[N-]C. The monoisotopic (exact) mass is 251 g/mol. The first kappa shape index (κ1) is 13.2. The fourth-order valence-corrected chi connectivity index (χ4v) is 2.06. The minimum Gasteiger partial charge on any atom is -0.687 e. The molecule has 0 aliphatic heterocycles. The maximum atomic E-state index is 4.30. The zero-order chi connectivity index (χ0) is 13.8. The van der Waals surface area contributed by atoms with Gasteiger partial charge in [0.25, 0.3) is 0 Å². The van der Waals surface area contributed by atoms with Crippen LogP contribution in [0.15, 0.2) is 60.5 Å². The third-order valence-electron chi connectivity index (χ3n) is 3.03. The van der Waals surface area contributed by atoms with E-state index in [-0.39, 0.29) is 0 Å². The molecule has 1 aromatic heterocycles. The number of allylic oxidation sites excluding steroid dienone is 3. The lowest BCUT2D eigenvalue weighted by molar-refractivity contribution is 0.968. The van der Waals surface area contributed by atoms with Crippen molar-refractivity contribution in [3.05, 3.63) is 71.3 Å². The highest BCUT2D eigenvalue weighted by molar-refractivity contribution is 5.90. The third-order valence-corrected chi connectivity index (χ3v) is 3.03. The fourth-order valence-electron chi connectivity index (χ4n) is 2.06. The van der Waals surface area contributed by atoms with Crippen LogP contribution in [0.25, 0.3) is 22.3 Å². The molecule has 0 saturated carbocycles. The Morgan fingerprint density at radius 1 is 1.26 bits per heavy atom. The lowest BCUT2D eigenvalue weighted by Gasteiger charge is -2.14. The molecular weight excluding hydrogens is 232 g/mol. The number of fused-ring (bicyclic) bond motifs is 1. The fraction of sp³-hybridized carbons (Fsp3) is 0.176. The summed E-state index contributed by atoms with van der Waals surface area (Å²) in [4.78, 5) is 0. The molecule has 2 heteroatoms. The summed E-state index contributed by atoms with van der Waals surface area (Å²) in [6.07, 6.45) is 8.19. The van der Waals surface area contributed by atoms with Gasteiger partial charge in [-0.2, -0.15) is 0 Å². The Morgan fingerprint density at radius 3 is 2.68 bits per heavy atom. The zero-order valence-electron chi connectivity index (χ0n) is 11.7. The van der Waals surface area contributed by atoms with Crippen molar-refractivity contribution in [1.29, 1.82) is 0 Å². The predicted molar refractivity (Wildman–Crippen MR) is 84.1 cm³/mol. The van der Waals surface area contributed by atoms with E-state index in [4.69, 9.17) is 0 Å². The van der Waals surface area contributed by atoms with Crippen molar-refractivity contribution in [2.24, 2.45) is 7.05 Å². The van der Waals surface area contributed by atoms with Crippen LogP contribution in [0.2, 0.25) is 0 Å². The van der Waals surface area contributed by atoms with Crippen molar-refractivity contribution in [2.75, 3.05) is 7.05 Å². The van der Waals surface area contributed by atoms with Crippen LogP contribution in [0.1, 0.15) is 12.5 Å². The number of aromatic nitrogens is 1. The number of para-hydroxylation sites is 1. The third kappa shape index (κ3) is 2.97. The number of hydrogen-bond donors (Lipinski definition) is 0. The first-order chi connectivity index (χ1) is 9.11. The number of nitrogens with zero attached hydrogens (tertiary/aromatic N) is 2. The van der Waals surface area contributed by atoms with Crippen LogP contribution in [0, 0.1) is 0 Å². The Bertz CT molecular complexity index is 657. The van der Waals surface area contributed by atoms with Gasteiger partial charge in [-0.15, -0.1) is 12.7 Å². The largest absolute Gasteiger partial charge is 0.687 e. The lowest BCUT2D eigenvalue weighted by Crippen LogP contribution is -1.81. The second kappa shape index (κ2) is 5.61. The summed E-state index contributed by atoms with van der Waals surface area (Å²) >= 11 is 0. The smallest absolute Gasteiger partial charge is 0.0483 e. The van der Waals surface area contributed by atoms with Crippen LogP contribution in [0.3, 0.4) is 0 Å². The molecule has 0 radical (unpaired) electrons. The number of likely N-dealkylation sites (N-methyl/N-ethyl adjacent to an activating group) is 1. The Hall–Kier alpha value is -2.22. The van der Waals surface area contributed by atoms with Crippen molar-refractivity contribution in [3.63, 3.8) is 0 Å². The van der Waals surface area contributed by atoms with E-state index in [1.54, 1.807) is 7.05 Å². The van der Waals surface area contributed by atoms with Gasteiger partial charge in [-0.05, 0) is 18.6 Å². The highest BCUT2D eigenvalue weighted by Crippen LogP contribution is 2.23. The van der Waals surface area contributed by atoms with Gasteiger partial charge in [0.15, 0.2) is 0 Å². The molecule has 2 rings (SSSR count). The van der Waals surface area contributed by atoms with Crippen molar-refractivity contribution in [1.82, 2.24) is 4.57 Å². The van der Waals surface area contributed by atoms with Crippen LogP contribution in [0.4, 0.5) is 0 Å². The highest BCUT2D eigenvalue weighted by Gasteiger charge is 2.02. The van der Waals surface area contributed by atoms with Crippen LogP contribution in [-0.2, 0) is 7.05 Å². The second-order valence-electron chi connectivity index (χ2n) is 4.68. The van der Waals surface area contributed by atoms with E-state index >= 15 is 0 Å². The van der Waals surface area contributed by atoms with Crippen molar-refractivity contribution in [2.45, 2.75) is 6.92 Å². The molecule has 0 fully saturated rings. The van der Waals surface area contributed by atoms with Gasteiger partial charge in [0.05, 0.1) is 0 Å². The topological polar surface area (TPSA) is 19.0 Å². The molecule has 2 aromatic rings. The van der Waals surface area contributed by atoms with Gasteiger partial charge in [0, 0.05) is 24.1 Å². The van der Waals surface area contributed by atoms with Crippen LogP contribution >= 0.6 is 0 Å². The standard InChI is InChI=1S/C17H19N2/c1-13(2)9-10-15(18-3)11-14-12-19(4)17-8-6-5-7-16(14)17/h5-12H,1H2,2-4H3/q-1. The summed E-state index contributed by atoms with van der Waals surface area (Å²) in [7, 11) is 3.87. The first-order valence-electron chi connectivity index (χ1n) is 6.31. The summed E-state index contributed by atoms with van der Waals surface area (Å²) in [6.45, 7) is 5.84. The van der Waals surface area contributed by atoms with Gasteiger partial charge in [0.1, 0.15) is 0 Å². The van der Waals surface area contributed by atoms with Gasteiger partial charge in [-0.3, -0.25) is 0 Å². The maximum absolute atomic E-state index is 4.30. The molecule has 0 atom stereocenters. The minimum absolute atomic E-state index is 0.944. The first-order valence-corrected chi connectivity index (χ1v) is 6.31. The maximum Gasteiger partial charge on any atom is 0.0483 e. The van der Waals surface area contributed by atoms with E-state index in [0.29, 0.717) is 0 Å². The number of aryl methyl sites for hydroxylation is 1. The predicted octanol–water partition coefficient (Wildman–Crippen LogP) is 4.66. The van der Waals surface area contributed by atoms with E-state index in [1.807, 2.05) is 19.1 Å². The van der Waals surface area contributed by atoms with Crippen molar-refractivity contribution < 1.29 is 0 Å². The molecule has 0 bridgehead atoms. The van der Waals surface area contributed by atoms with Gasteiger partial charge < -0.3 is 9.88 Å². The molecule has 19 heavy (non-hydrogen) atoms. The summed E-state index contributed by atoms with van der Waals surface area (Å²) in [5.41, 5.74) is 4.38. The molecule has 1 aromatic carbocycles. The molecule has 0 unspecified atom stereocenters. The molecule has 1 heterocycles.